The fraction of sp³-hybridized carbons (Fsp3) is 0.562. The van der Waals surface area contributed by atoms with E-state index < -0.39 is 5.54 Å². The Balaban J connectivity index is 1.85. The van der Waals surface area contributed by atoms with Gasteiger partial charge in [-0.15, -0.1) is 0 Å². The van der Waals surface area contributed by atoms with Gasteiger partial charge in [-0.05, 0) is 50.4 Å². The maximum Gasteiger partial charge on any atom is 0.331 e. The lowest BCUT2D eigenvalue weighted by Gasteiger charge is -2.43. The van der Waals surface area contributed by atoms with Gasteiger partial charge < -0.3 is 15.0 Å². The maximum absolute atomic E-state index is 12.4. The average Bonchev–Trinajstić information content (AvgIpc) is 2.93. The van der Waals surface area contributed by atoms with Crippen molar-refractivity contribution in [2.24, 2.45) is 0 Å². The first-order valence-electron chi connectivity index (χ1n) is 7.49. The van der Waals surface area contributed by atoms with Crippen molar-refractivity contribution < 1.29 is 9.53 Å². The van der Waals surface area contributed by atoms with Gasteiger partial charge in [0.2, 0.25) is 0 Å². The lowest BCUT2D eigenvalue weighted by Crippen LogP contribution is -2.57. The summed E-state index contributed by atoms with van der Waals surface area (Å²) in [6.45, 7) is 2.09. The van der Waals surface area contributed by atoms with E-state index in [4.69, 9.17) is 16.3 Å². The number of hydrogen-bond donors (Lipinski definition) is 1. The molecule has 0 bridgehead atoms. The molecule has 1 N–H and O–H groups in total. The van der Waals surface area contributed by atoms with Gasteiger partial charge in [0.1, 0.15) is 5.54 Å². The standard InChI is InChI=1S/C16H21ClN2O2/c1-21-15(20)16(18-13-5-2-4-12(17)10-13)7-9-19-8-3-6-14(19)11-16/h2,4-5,10,14,18H,3,6-9,11H2,1H3. The third kappa shape index (κ3) is 2.87. The Kier molecular flexibility index (Phi) is 4.09. The number of piperidine rings is 1. The zero-order valence-corrected chi connectivity index (χ0v) is 13.0. The number of nitrogens with one attached hydrogen (secondary N) is 1. The minimum Gasteiger partial charge on any atom is -0.467 e. The highest BCUT2D eigenvalue weighted by Gasteiger charge is 2.47. The van der Waals surface area contributed by atoms with Crippen LogP contribution >= 0.6 is 11.6 Å². The highest BCUT2D eigenvalue weighted by molar-refractivity contribution is 6.30. The Morgan fingerprint density at radius 2 is 2.33 bits per heavy atom. The highest BCUT2D eigenvalue weighted by atomic mass is 35.5. The Bertz CT molecular complexity index is 537. The lowest BCUT2D eigenvalue weighted by molar-refractivity contribution is -0.148. The number of hydrogen-bond acceptors (Lipinski definition) is 4. The number of ether oxygens (including phenoxy) is 1. The average molecular weight is 309 g/mol. The molecule has 1 aromatic rings. The second kappa shape index (κ2) is 5.85. The summed E-state index contributed by atoms with van der Waals surface area (Å²) in [5.41, 5.74) is 0.240. The third-order valence-corrected chi connectivity index (χ3v) is 4.93. The van der Waals surface area contributed by atoms with Crippen LogP contribution in [-0.2, 0) is 9.53 Å². The molecule has 0 saturated carbocycles. The summed E-state index contributed by atoms with van der Waals surface area (Å²) < 4.78 is 5.09. The summed E-state index contributed by atoms with van der Waals surface area (Å²) in [7, 11) is 1.46. The van der Waals surface area contributed by atoms with Gasteiger partial charge >= 0.3 is 5.97 Å². The molecule has 2 heterocycles. The fourth-order valence-electron chi connectivity index (χ4n) is 3.65. The normalized spacial score (nSPS) is 29.0. The van der Waals surface area contributed by atoms with Crippen LogP contribution in [0.3, 0.4) is 0 Å². The Hall–Kier alpha value is -1.26. The van der Waals surface area contributed by atoms with Crippen LogP contribution in [0.25, 0.3) is 0 Å². The second-order valence-electron chi connectivity index (χ2n) is 6.00. The van der Waals surface area contributed by atoms with Crippen LogP contribution in [0, 0.1) is 0 Å². The third-order valence-electron chi connectivity index (χ3n) is 4.69. The molecule has 1 aromatic carbocycles. The zero-order valence-electron chi connectivity index (χ0n) is 12.3. The Morgan fingerprint density at radius 1 is 1.48 bits per heavy atom. The second-order valence-corrected chi connectivity index (χ2v) is 6.43. The number of carbonyl (C=O) groups is 1. The molecule has 2 saturated heterocycles. The number of benzene rings is 1. The van der Waals surface area contributed by atoms with Crippen molar-refractivity contribution in [3.63, 3.8) is 0 Å². The largest absolute Gasteiger partial charge is 0.467 e. The van der Waals surface area contributed by atoms with Crippen molar-refractivity contribution in [3.05, 3.63) is 29.3 Å². The van der Waals surface area contributed by atoms with E-state index in [9.17, 15) is 4.79 Å². The molecule has 21 heavy (non-hydrogen) atoms. The Morgan fingerprint density at radius 3 is 3.10 bits per heavy atom. The molecular weight excluding hydrogens is 288 g/mol. The molecule has 0 amide bonds. The van der Waals surface area contributed by atoms with Crippen molar-refractivity contribution in [2.45, 2.75) is 37.3 Å². The molecule has 5 heteroatoms. The number of fused-ring (bicyclic) bond motifs is 1. The first-order valence-corrected chi connectivity index (χ1v) is 7.87. The van der Waals surface area contributed by atoms with Crippen LogP contribution in [0.2, 0.25) is 5.02 Å². The predicted molar refractivity (Wildman–Crippen MR) is 83.7 cm³/mol. The van der Waals surface area contributed by atoms with Gasteiger partial charge in [0.15, 0.2) is 0 Å². The molecule has 0 aliphatic carbocycles. The summed E-state index contributed by atoms with van der Waals surface area (Å²) in [6, 6.07) is 7.99. The number of methoxy groups -OCH3 is 1. The van der Waals surface area contributed by atoms with E-state index in [1.165, 1.54) is 13.5 Å². The molecule has 0 radical (unpaired) electrons. The summed E-state index contributed by atoms with van der Waals surface area (Å²) in [4.78, 5) is 14.9. The molecule has 2 aliphatic rings. The summed E-state index contributed by atoms with van der Waals surface area (Å²) in [5, 5.41) is 4.08. The first kappa shape index (κ1) is 14.7. The molecule has 2 unspecified atom stereocenters. The number of halogens is 1. The summed E-state index contributed by atoms with van der Waals surface area (Å²) in [5.74, 6) is -0.172. The monoisotopic (exact) mass is 308 g/mol. The molecule has 2 atom stereocenters. The van der Waals surface area contributed by atoms with Crippen LogP contribution in [0.4, 0.5) is 5.69 Å². The molecular formula is C16H21ClN2O2. The van der Waals surface area contributed by atoms with E-state index in [-0.39, 0.29) is 5.97 Å². The van der Waals surface area contributed by atoms with E-state index >= 15 is 0 Å². The molecule has 4 nitrogen and oxygen atoms in total. The minimum atomic E-state index is -0.634. The van der Waals surface area contributed by atoms with Gasteiger partial charge in [-0.2, -0.15) is 0 Å². The topological polar surface area (TPSA) is 41.6 Å². The quantitative estimate of drug-likeness (QED) is 0.872. The van der Waals surface area contributed by atoms with Gasteiger partial charge in [-0.25, -0.2) is 4.79 Å². The fourth-order valence-corrected chi connectivity index (χ4v) is 3.84. The SMILES string of the molecule is COC(=O)C1(Nc2cccc(Cl)c2)CCN2CCCC2C1. The molecule has 114 valence electrons. The molecule has 0 spiro atoms. The van der Waals surface area contributed by atoms with Crippen LogP contribution < -0.4 is 5.32 Å². The molecule has 2 aliphatic heterocycles. The van der Waals surface area contributed by atoms with E-state index in [0.29, 0.717) is 11.1 Å². The van der Waals surface area contributed by atoms with Crippen LogP contribution in [0.15, 0.2) is 24.3 Å². The number of nitrogens with zero attached hydrogens (tertiary/aromatic N) is 1. The van der Waals surface area contributed by atoms with E-state index in [2.05, 4.69) is 10.2 Å². The van der Waals surface area contributed by atoms with Gasteiger partial charge in [-0.1, -0.05) is 17.7 Å². The number of carbonyl (C=O) groups excluding carboxylic acids is 1. The summed E-state index contributed by atoms with van der Waals surface area (Å²) in [6.07, 6.45) is 3.95. The van der Waals surface area contributed by atoms with Gasteiger partial charge in [0, 0.05) is 23.3 Å². The van der Waals surface area contributed by atoms with Gasteiger partial charge in [0.05, 0.1) is 7.11 Å². The van der Waals surface area contributed by atoms with Crippen LogP contribution in [-0.4, -0.2) is 42.6 Å². The number of anilines is 1. The van der Waals surface area contributed by atoms with Crippen LogP contribution in [0.1, 0.15) is 25.7 Å². The van der Waals surface area contributed by atoms with E-state index in [0.717, 1.165) is 38.0 Å². The van der Waals surface area contributed by atoms with Crippen molar-refractivity contribution >= 4 is 23.3 Å². The highest BCUT2D eigenvalue weighted by Crippen LogP contribution is 2.36. The van der Waals surface area contributed by atoms with E-state index in [1.54, 1.807) is 0 Å². The Labute approximate surface area is 130 Å². The maximum atomic E-state index is 12.4. The smallest absolute Gasteiger partial charge is 0.331 e. The van der Waals surface area contributed by atoms with Gasteiger partial charge in [0.25, 0.3) is 0 Å². The van der Waals surface area contributed by atoms with Crippen LogP contribution in [0.5, 0.6) is 0 Å². The minimum absolute atomic E-state index is 0.172. The first-order chi connectivity index (χ1) is 10.1. The summed E-state index contributed by atoms with van der Waals surface area (Å²) >= 11 is 6.05. The van der Waals surface area contributed by atoms with Crippen molar-refractivity contribution in [3.8, 4) is 0 Å². The lowest BCUT2D eigenvalue weighted by atomic mass is 9.83. The molecule has 2 fully saturated rings. The zero-order chi connectivity index (χ0) is 14.9. The van der Waals surface area contributed by atoms with E-state index in [1.807, 2.05) is 24.3 Å². The predicted octanol–water partition coefficient (Wildman–Crippen LogP) is 2.92. The molecule has 3 rings (SSSR count). The van der Waals surface area contributed by atoms with Crippen molar-refractivity contribution in [1.29, 1.82) is 0 Å². The van der Waals surface area contributed by atoms with Crippen molar-refractivity contribution in [2.75, 3.05) is 25.5 Å². The number of rotatable bonds is 3. The van der Waals surface area contributed by atoms with Gasteiger partial charge in [-0.3, -0.25) is 0 Å². The number of esters is 1. The van der Waals surface area contributed by atoms with Crippen molar-refractivity contribution in [1.82, 2.24) is 4.90 Å². The molecule has 0 aromatic heterocycles.